The topological polar surface area (TPSA) is 530 Å². The molecule has 1 fully saturated rings. The number of likely N-dealkylation sites (tertiary alicyclic amines) is 1. The molecule has 1 aliphatic heterocycles. The highest BCUT2D eigenvalue weighted by Crippen LogP contribution is 2.23. The molecule has 35 heteroatoms. The number of aliphatic hydroxyl groups excluding tert-OH is 1. The molecule has 0 spiro atoms. The van der Waals surface area contributed by atoms with Gasteiger partial charge in [0.1, 0.15) is 71.9 Å². The van der Waals surface area contributed by atoms with Crippen molar-refractivity contribution in [3.8, 4) is 0 Å². The Kier molecular flexibility index (Phi) is 35.4. The summed E-state index contributed by atoms with van der Waals surface area (Å²) in [5.41, 5.74) is 18.8. The molecule has 0 bridgehead atoms. The van der Waals surface area contributed by atoms with Crippen LogP contribution in [-0.4, -0.2) is 201 Å². The van der Waals surface area contributed by atoms with Crippen LogP contribution in [0.1, 0.15) is 136 Å². The molecule has 3 aromatic carbocycles. The summed E-state index contributed by atoms with van der Waals surface area (Å²) in [6.07, 6.45) is 6.36. The van der Waals surface area contributed by atoms with E-state index in [-0.39, 0.29) is 139 Å². The fourth-order valence-electron chi connectivity index (χ4n) is 12.7. The van der Waals surface area contributed by atoms with Crippen molar-refractivity contribution in [3.63, 3.8) is 0 Å². The standard InChI is InChI=1S/C79H103ClN20O14/c1-46(2)39-60(72(108)95-59(24-15-37-90-79(83)84)78(114)100-38-16-25-65(100)77(113)91-47(3)67(82)103)96-71(107)58(23-8-11-34-88-68(104)55-20-14-36-87-66(55)81)93-70(106)57(22-9-12-35-89-69(105)56-21-7-10-33-86-56)94-76(112)64(45-101)99-75(111)63(43-51-17-13-32-85-44-51)98-74(110)62(41-49-27-30-54(80)31-28-49)97-73(109)61(92-48(4)102)42-50-26-29-52-18-5-6-19-53(52)40-50/h5-7,10,13-14,17-21,26-33,36,40,44,46-47,57-65,101H,8-9,11-12,15-16,22-25,34-35,37-39,41-43,45H2,1-4H3,(H2,81,87)(H2,82,103)(H,88,104)(H,89,105)(H,91,113)(H,92,102)(H,93,106)(H,94,112)(H,95,108)(H,96,107)(H,97,109)(H,98,110)(H,99,111)(H4,83,84,90)/t47-,57+,58-,59+,60+,61-,62-,63-,64+,65+/m1/s1. The van der Waals surface area contributed by atoms with E-state index in [0.29, 0.717) is 28.1 Å². The molecule has 0 aliphatic carbocycles. The van der Waals surface area contributed by atoms with Gasteiger partial charge in [-0.1, -0.05) is 92.2 Å². The van der Waals surface area contributed by atoms with Crippen LogP contribution in [0.15, 0.2) is 134 Å². The number of nitrogen functional groups attached to an aromatic ring is 1. The minimum absolute atomic E-state index is 0.0178. The molecule has 0 saturated carbocycles. The number of nitrogens with one attached hydrogen (secondary N) is 13. The first-order chi connectivity index (χ1) is 54.6. The number of carbonyl (C=O) groups excluding carboxylic acids is 13. The number of hydrogen-bond donors (Lipinski definition) is 17. The Bertz CT molecular complexity index is 4320. The number of aliphatic hydroxyl groups is 1. The van der Waals surface area contributed by atoms with Crippen LogP contribution in [0.25, 0.3) is 10.8 Å². The molecule has 10 atom stereocenters. The van der Waals surface area contributed by atoms with Gasteiger partial charge < -0.3 is 91.0 Å². The number of rotatable bonds is 44. The molecule has 13 amide bonds. The first-order valence-electron chi connectivity index (χ1n) is 37.8. The largest absolute Gasteiger partial charge is 0.394 e. The number of nitrogens with zero attached hydrogens (tertiary/aromatic N) is 4. The Morgan fingerprint density at radius 1 is 0.526 bits per heavy atom. The zero-order valence-corrected chi connectivity index (χ0v) is 64.9. The fourth-order valence-corrected chi connectivity index (χ4v) is 12.9. The second-order valence-electron chi connectivity index (χ2n) is 28.2. The lowest BCUT2D eigenvalue weighted by Crippen LogP contribution is -2.61. The number of halogens is 1. The molecular formula is C79H103ClN20O14. The Morgan fingerprint density at radius 2 is 1.04 bits per heavy atom. The summed E-state index contributed by atoms with van der Waals surface area (Å²) in [6, 6.07) is 16.6. The molecule has 6 aromatic rings. The van der Waals surface area contributed by atoms with Crippen LogP contribution in [0.2, 0.25) is 5.02 Å². The second kappa shape index (κ2) is 45.3. The third-order valence-corrected chi connectivity index (χ3v) is 19.0. The Balaban J connectivity index is 1.16. The summed E-state index contributed by atoms with van der Waals surface area (Å²) in [4.78, 5) is 197. The number of anilines is 1. The van der Waals surface area contributed by atoms with E-state index in [4.69, 9.17) is 34.2 Å². The third kappa shape index (κ3) is 28.8. The number of pyridine rings is 3. The number of primary amides is 1. The maximum absolute atomic E-state index is 15.2. The molecule has 20 N–H and O–H groups in total. The average Bonchev–Trinajstić information content (AvgIpc) is 1.52. The van der Waals surface area contributed by atoms with Crippen LogP contribution < -0.4 is 81.0 Å². The van der Waals surface area contributed by atoms with E-state index in [9.17, 15) is 57.8 Å². The van der Waals surface area contributed by atoms with E-state index in [1.807, 2.05) is 42.5 Å². The van der Waals surface area contributed by atoms with Gasteiger partial charge in [-0.15, -0.1) is 0 Å². The average molecular weight is 1590 g/mol. The van der Waals surface area contributed by atoms with Gasteiger partial charge in [0, 0.05) is 82.2 Å². The Labute approximate surface area is 665 Å². The molecule has 1 aliphatic rings. The Hall–Kier alpha value is -12.2. The summed E-state index contributed by atoms with van der Waals surface area (Å²) in [7, 11) is 0. The zero-order chi connectivity index (χ0) is 82.8. The van der Waals surface area contributed by atoms with Crippen molar-refractivity contribution in [3.05, 3.63) is 167 Å². The lowest BCUT2D eigenvalue weighted by atomic mass is 9.99. The summed E-state index contributed by atoms with van der Waals surface area (Å²) in [6.45, 7) is 5.41. The van der Waals surface area contributed by atoms with Crippen molar-refractivity contribution in [2.24, 2.45) is 17.4 Å². The summed E-state index contributed by atoms with van der Waals surface area (Å²) in [5.74, 6) is -10.8. The van der Waals surface area contributed by atoms with Gasteiger partial charge in [0.25, 0.3) is 11.8 Å². The van der Waals surface area contributed by atoms with Gasteiger partial charge in [-0.25, -0.2) is 4.98 Å². The molecule has 4 heterocycles. The molecule has 0 unspecified atom stereocenters. The molecule has 610 valence electrons. The van der Waals surface area contributed by atoms with Gasteiger partial charge in [-0.2, -0.15) is 0 Å². The van der Waals surface area contributed by atoms with Crippen LogP contribution >= 0.6 is 11.6 Å². The second-order valence-corrected chi connectivity index (χ2v) is 28.7. The van der Waals surface area contributed by atoms with E-state index >= 15 is 9.59 Å². The molecule has 3 aromatic heterocycles. The first-order valence-corrected chi connectivity index (χ1v) is 38.2. The molecule has 114 heavy (non-hydrogen) atoms. The summed E-state index contributed by atoms with van der Waals surface area (Å²) < 4.78 is 0. The summed E-state index contributed by atoms with van der Waals surface area (Å²) >= 11 is 6.26. The van der Waals surface area contributed by atoms with E-state index in [1.54, 1.807) is 62.4 Å². The quantitative estimate of drug-likeness (QED) is 0.0142. The number of fused-ring (bicyclic) bond motifs is 1. The van der Waals surface area contributed by atoms with Gasteiger partial charge in [-0.05, 0) is 153 Å². The van der Waals surface area contributed by atoms with Crippen LogP contribution in [0.3, 0.4) is 0 Å². The molecular weight excluding hydrogens is 1490 g/mol. The highest BCUT2D eigenvalue weighted by Gasteiger charge is 2.40. The smallest absolute Gasteiger partial charge is 0.269 e. The molecule has 0 radical (unpaired) electrons. The maximum atomic E-state index is 15.2. The van der Waals surface area contributed by atoms with E-state index in [2.05, 4.69) is 78.8 Å². The maximum Gasteiger partial charge on any atom is 0.269 e. The number of unbranched alkanes of at least 4 members (excludes halogenated alkanes) is 2. The number of nitrogens with two attached hydrogens (primary N) is 3. The molecule has 7 rings (SSSR count). The van der Waals surface area contributed by atoms with Gasteiger partial charge in [0.05, 0.1) is 12.2 Å². The van der Waals surface area contributed by atoms with Gasteiger partial charge in [0.15, 0.2) is 5.96 Å². The van der Waals surface area contributed by atoms with Crippen molar-refractivity contribution in [1.82, 2.24) is 83.7 Å². The van der Waals surface area contributed by atoms with Crippen LogP contribution in [0.5, 0.6) is 0 Å². The monoisotopic (exact) mass is 1590 g/mol. The van der Waals surface area contributed by atoms with Gasteiger partial charge in [0.2, 0.25) is 65.0 Å². The van der Waals surface area contributed by atoms with E-state index in [0.717, 1.165) is 10.8 Å². The molecule has 1 saturated heterocycles. The third-order valence-electron chi connectivity index (χ3n) is 18.8. The highest BCUT2D eigenvalue weighted by atomic mass is 35.5. The Morgan fingerprint density at radius 3 is 1.63 bits per heavy atom. The zero-order valence-electron chi connectivity index (χ0n) is 64.1. The van der Waals surface area contributed by atoms with Crippen molar-refractivity contribution in [2.75, 3.05) is 38.5 Å². The van der Waals surface area contributed by atoms with Crippen molar-refractivity contribution in [2.45, 2.75) is 178 Å². The number of amides is 13. The lowest BCUT2D eigenvalue weighted by molar-refractivity contribution is -0.142. The number of guanidine groups is 1. The lowest BCUT2D eigenvalue weighted by Gasteiger charge is -2.31. The number of benzene rings is 3. The normalized spacial score (nSPS) is 14.8. The SMILES string of the molecule is CC(=O)N[C@H](Cc1ccc2ccccc2c1)C(=O)N[C@H](Cc1ccc(Cl)cc1)C(=O)N[C@H](Cc1cccnc1)C(=O)N[C@@H](CO)C(=O)N[C@@H](CCCCNC(=O)c1ccccn1)C(=O)N[C@H](CCCCNC(=O)c1cccnc1N)C(=O)N[C@@H](CC(C)C)C(=O)N[C@@H](CCCNC(=N)N)C(=O)N1CCC[C@H]1C(=O)N[C@H](C)C(N)=O. The van der Waals surface area contributed by atoms with Crippen molar-refractivity contribution in [1.29, 1.82) is 5.41 Å². The van der Waals surface area contributed by atoms with Crippen molar-refractivity contribution >= 4 is 111 Å². The predicted octanol–water partition coefficient (Wildman–Crippen LogP) is 0.670. The van der Waals surface area contributed by atoms with Gasteiger partial charge >= 0.3 is 0 Å². The minimum Gasteiger partial charge on any atom is -0.394 e. The minimum atomic E-state index is -1.86. The molecule has 34 nitrogen and oxygen atoms in total. The van der Waals surface area contributed by atoms with Gasteiger partial charge in [-0.3, -0.25) is 77.7 Å². The first kappa shape index (κ1) is 89.0. The van der Waals surface area contributed by atoms with E-state index in [1.165, 1.54) is 61.7 Å². The van der Waals surface area contributed by atoms with E-state index < -0.39 is 144 Å². The van der Waals surface area contributed by atoms with Crippen molar-refractivity contribution < 1.29 is 67.4 Å². The number of aromatic nitrogens is 3. The highest BCUT2D eigenvalue weighted by molar-refractivity contribution is 6.30. The van der Waals surface area contributed by atoms with Crippen LogP contribution in [0, 0.1) is 11.3 Å². The predicted molar refractivity (Wildman–Crippen MR) is 424 cm³/mol. The number of hydrogen-bond acceptors (Lipinski definition) is 19. The number of carbonyl (C=O) groups is 13. The van der Waals surface area contributed by atoms with Crippen LogP contribution in [-0.2, 0) is 72.0 Å². The van der Waals surface area contributed by atoms with Crippen LogP contribution in [0.4, 0.5) is 5.82 Å². The fraction of sp³-hybridized carbons (Fsp3) is 0.430. The summed E-state index contributed by atoms with van der Waals surface area (Å²) in [5, 5.41) is 53.3.